The Morgan fingerprint density at radius 3 is 2.25 bits per heavy atom. The number of halogens is 1. The first-order chi connectivity index (χ1) is 13.6. The maximum atomic E-state index is 14.2. The smallest absolute Gasteiger partial charge is 0.165 e. The Kier molecular flexibility index (Phi) is 8.10. The molecule has 0 bridgehead atoms. The summed E-state index contributed by atoms with van der Waals surface area (Å²) in [6.07, 6.45) is 1.60. The highest BCUT2D eigenvalue weighted by Crippen LogP contribution is 2.32. The van der Waals surface area contributed by atoms with E-state index in [-0.39, 0.29) is 5.82 Å². The predicted octanol–water partition coefficient (Wildman–Crippen LogP) is 7.07. The Morgan fingerprint density at radius 1 is 0.964 bits per heavy atom. The molecule has 3 aromatic rings. The van der Waals surface area contributed by atoms with E-state index in [4.69, 9.17) is 14.6 Å². The van der Waals surface area contributed by atoms with Gasteiger partial charge in [-0.2, -0.15) is 0 Å². The summed E-state index contributed by atoms with van der Waals surface area (Å²) >= 11 is 0. The molecule has 0 radical (unpaired) electrons. The number of aliphatic hydroxyl groups is 1. The molecule has 1 N–H and O–H groups in total. The molecule has 0 aliphatic rings. The molecule has 146 valence electrons. The quantitative estimate of drug-likeness (QED) is 0.465. The van der Waals surface area contributed by atoms with Crippen molar-refractivity contribution in [3.63, 3.8) is 0 Å². The van der Waals surface area contributed by atoms with Crippen molar-refractivity contribution in [2.24, 2.45) is 0 Å². The minimum Gasteiger partial charge on any atom is -0.516 e. The summed E-state index contributed by atoms with van der Waals surface area (Å²) in [7, 11) is 0. The van der Waals surface area contributed by atoms with E-state index in [1.165, 1.54) is 6.07 Å². The van der Waals surface area contributed by atoms with Crippen molar-refractivity contribution in [1.29, 1.82) is 0 Å². The third kappa shape index (κ3) is 5.88. The van der Waals surface area contributed by atoms with Crippen LogP contribution in [0.15, 0.2) is 79.6 Å². The first kappa shape index (κ1) is 21.0. The standard InChI is InChI=1S/C22H21FO2.C2H4O/c1-3-13-24-21-12-11-17(14-20(21)23)18-10-9-16(2)22(15-18)25-19-7-5-4-6-8-19;1-2-3/h4-12,14-15H,3,13H2,1-2H3;2-3H,1H2. The zero-order valence-electron chi connectivity index (χ0n) is 16.2. The Bertz CT molecular complexity index is 892. The lowest BCUT2D eigenvalue weighted by Crippen LogP contribution is -1.97. The van der Waals surface area contributed by atoms with E-state index in [0.29, 0.717) is 12.4 Å². The van der Waals surface area contributed by atoms with Crippen molar-refractivity contribution in [1.82, 2.24) is 0 Å². The molecule has 0 aliphatic heterocycles. The molecule has 0 aromatic heterocycles. The van der Waals surface area contributed by atoms with Gasteiger partial charge < -0.3 is 14.6 Å². The Morgan fingerprint density at radius 2 is 1.61 bits per heavy atom. The van der Waals surface area contributed by atoms with Crippen LogP contribution in [-0.2, 0) is 0 Å². The summed E-state index contributed by atoms with van der Waals surface area (Å²) in [5.74, 6) is 1.48. The molecule has 3 rings (SSSR count). The third-order valence-electron chi connectivity index (χ3n) is 3.89. The van der Waals surface area contributed by atoms with Crippen molar-refractivity contribution < 1.29 is 19.0 Å². The normalized spacial score (nSPS) is 9.82. The zero-order valence-corrected chi connectivity index (χ0v) is 16.2. The molecule has 0 fully saturated rings. The lowest BCUT2D eigenvalue weighted by molar-refractivity contribution is 0.301. The van der Waals surface area contributed by atoms with Crippen molar-refractivity contribution >= 4 is 0 Å². The number of para-hydroxylation sites is 1. The molecule has 0 amide bonds. The first-order valence-electron chi connectivity index (χ1n) is 9.10. The van der Waals surface area contributed by atoms with Gasteiger partial charge in [0.25, 0.3) is 0 Å². The van der Waals surface area contributed by atoms with E-state index in [1.807, 2.05) is 68.4 Å². The SMILES string of the molecule is C=CO.CCCOc1ccc(-c2ccc(C)c(Oc3ccccc3)c2)cc1F. The highest BCUT2D eigenvalue weighted by atomic mass is 19.1. The number of aryl methyl sites for hydroxylation is 1. The van der Waals surface area contributed by atoms with Crippen molar-refractivity contribution in [3.8, 4) is 28.4 Å². The van der Waals surface area contributed by atoms with Gasteiger partial charge in [-0.25, -0.2) is 4.39 Å². The molecule has 0 heterocycles. The van der Waals surface area contributed by atoms with Crippen LogP contribution in [0, 0.1) is 12.7 Å². The summed E-state index contributed by atoms with van der Waals surface area (Å²) in [4.78, 5) is 0. The van der Waals surface area contributed by atoms with Gasteiger partial charge >= 0.3 is 0 Å². The average molecular weight is 380 g/mol. The number of ether oxygens (including phenoxy) is 2. The van der Waals surface area contributed by atoms with Gasteiger partial charge in [0.15, 0.2) is 11.6 Å². The molecule has 0 aliphatic carbocycles. The molecular formula is C24H25FO3. The fourth-order valence-corrected chi connectivity index (χ4v) is 2.51. The van der Waals surface area contributed by atoms with Gasteiger partial charge in [0, 0.05) is 0 Å². The maximum absolute atomic E-state index is 14.2. The summed E-state index contributed by atoms with van der Waals surface area (Å²) in [6.45, 7) is 7.41. The summed E-state index contributed by atoms with van der Waals surface area (Å²) in [5.41, 5.74) is 2.72. The molecule has 0 saturated carbocycles. The van der Waals surface area contributed by atoms with Gasteiger partial charge in [-0.1, -0.05) is 49.9 Å². The Balaban J connectivity index is 0.000000878. The summed E-state index contributed by atoms with van der Waals surface area (Å²) in [5, 5.41) is 7.33. The van der Waals surface area contributed by atoms with Gasteiger partial charge in [-0.05, 0) is 60.4 Å². The lowest BCUT2D eigenvalue weighted by atomic mass is 10.0. The van der Waals surface area contributed by atoms with Gasteiger partial charge in [0.1, 0.15) is 11.5 Å². The van der Waals surface area contributed by atoms with Crippen LogP contribution in [-0.4, -0.2) is 11.7 Å². The number of rotatable bonds is 6. The minimum atomic E-state index is -0.350. The summed E-state index contributed by atoms with van der Waals surface area (Å²) in [6, 6.07) is 20.5. The zero-order chi connectivity index (χ0) is 20.4. The molecule has 28 heavy (non-hydrogen) atoms. The number of benzene rings is 3. The monoisotopic (exact) mass is 380 g/mol. The van der Waals surface area contributed by atoms with Gasteiger partial charge in [-0.3, -0.25) is 0 Å². The van der Waals surface area contributed by atoms with Gasteiger partial charge in [0.2, 0.25) is 0 Å². The fourth-order valence-electron chi connectivity index (χ4n) is 2.51. The minimum absolute atomic E-state index is 0.290. The lowest BCUT2D eigenvalue weighted by Gasteiger charge is -2.12. The highest BCUT2D eigenvalue weighted by molar-refractivity contribution is 5.67. The fraction of sp³-hybridized carbons (Fsp3) is 0.167. The molecule has 3 nitrogen and oxygen atoms in total. The Labute approximate surface area is 165 Å². The van der Waals surface area contributed by atoms with Crippen LogP contribution in [0.25, 0.3) is 11.1 Å². The summed E-state index contributed by atoms with van der Waals surface area (Å²) < 4.78 is 25.6. The van der Waals surface area contributed by atoms with E-state index in [9.17, 15) is 4.39 Å². The van der Waals surface area contributed by atoms with Crippen molar-refractivity contribution in [3.05, 3.63) is 91.0 Å². The molecule has 0 unspecified atom stereocenters. The van der Waals surface area contributed by atoms with Crippen LogP contribution in [0.2, 0.25) is 0 Å². The average Bonchev–Trinajstić information content (AvgIpc) is 2.70. The van der Waals surface area contributed by atoms with E-state index in [2.05, 4.69) is 6.58 Å². The van der Waals surface area contributed by atoms with Crippen LogP contribution in [0.4, 0.5) is 4.39 Å². The van der Waals surface area contributed by atoms with E-state index in [0.717, 1.165) is 40.9 Å². The predicted molar refractivity (Wildman–Crippen MR) is 112 cm³/mol. The number of aliphatic hydroxyl groups excluding tert-OH is 1. The van der Waals surface area contributed by atoms with E-state index >= 15 is 0 Å². The van der Waals surface area contributed by atoms with Gasteiger partial charge in [0.05, 0.1) is 12.9 Å². The first-order valence-corrected chi connectivity index (χ1v) is 9.10. The van der Waals surface area contributed by atoms with Crippen LogP contribution < -0.4 is 9.47 Å². The second kappa shape index (κ2) is 10.8. The molecular weight excluding hydrogens is 355 g/mol. The van der Waals surface area contributed by atoms with Crippen LogP contribution in [0.1, 0.15) is 18.9 Å². The molecule has 0 atom stereocenters. The van der Waals surface area contributed by atoms with E-state index in [1.54, 1.807) is 6.07 Å². The third-order valence-corrected chi connectivity index (χ3v) is 3.89. The van der Waals surface area contributed by atoms with Crippen molar-refractivity contribution in [2.75, 3.05) is 6.61 Å². The molecule has 4 heteroatoms. The van der Waals surface area contributed by atoms with Crippen LogP contribution in [0.5, 0.6) is 17.2 Å². The largest absolute Gasteiger partial charge is 0.516 e. The Hall–Kier alpha value is -3.27. The molecule has 0 saturated heterocycles. The number of hydrogen-bond acceptors (Lipinski definition) is 3. The van der Waals surface area contributed by atoms with Crippen LogP contribution in [0.3, 0.4) is 0 Å². The molecule has 3 aromatic carbocycles. The molecule has 0 spiro atoms. The topological polar surface area (TPSA) is 38.7 Å². The van der Waals surface area contributed by atoms with Crippen molar-refractivity contribution in [2.45, 2.75) is 20.3 Å². The second-order valence-corrected chi connectivity index (χ2v) is 6.07. The van der Waals surface area contributed by atoms with Gasteiger partial charge in [-0.15, -0.1) is 0 Å². The maximum Gasteiger partial charge on any atom is 0.165 e. The van der Waals surface area contributed by atoms with E-state index < -0.39 is 0 Å². The second-order valence-electron chi connectivity index (χ2n) is 6.07. The highest BCUT2D eigenvalue weighted by Gasteiger charge is 2.09. The number of hydrogen-bond donors (Lipinski definition) is 1. The van der Waals surface area contributed by atoms with Crippen LogP contribution >= 0.6 is 0 Å².